The summed E-state index contributed by atoms with van der Waals surface area (Å²) in [5.41, 5.74) is 0.892. The lowest BCUT2D eigenvalue weighted by molar-refractivity contribution is 0.146. The molecule has 0 radical (unpaired) electrons. The number of rotatable bonds is 1. The Morgan fingerprint density at radius 2 is 2.23 bits per heavy atom. The number of halogens is 2. The molecule has 2 heterocycles. The molecule has 13 heavy (non-hydrogen) atoms. The molecule has 0 bridgehead atoms. The molecular formula is C9H10F2N2. The molecule has 0 amide bonds. The van der Waals surface area contributed by atoms with E-state index in [1.54, 1.807) is 6.07 Å². The van der Waals surface area contributed by atoms with E-state index in [0.717, 1.165) is 24.9 Å². The Morgan fingerprint density at radius 3 is 3.00 bits per heavy atom. The number of anilines is 1. The van der Waals surface area contributed by atoms with Crippen LogP contribution in [0, 0.1) is 0 Å². The zero-order chi connectivity index (χ0) is 9.26. The summed E-state index contributed by atoms with van der Waals surface area (Å²) in [6.45, 7) is 0.826. The average molecular weight is 184 g/mol. The number of hydrogen-bond acceptors (Lipinski definition) is 2. The summed E-state index contributed by atoms with van der Waals surface area (Å²) in [5, 5.41) is 3.01. The summed E-state index contributed by atoms with van der Waals surface area (Å²) in [6.07, 6.45) is -0.504. The van der Waals surface area contributed by atoms with Crippen LogP contribution in [0.15, 0.2) is 12.1 Å². The lowest BCUT2D eigenvalue weighted by Gasteiger charge is -2.17. The normalized spacial score (nSPS) is 15.3. The average Bonchev–Trinajstić information content (AvgIpc) is 2.17. The Balaban J connectivity index is 2.35. The maximum atomic E-state index is 12.2. The first kappa shape index (κ1) is 8.41. The van der Waals surface area contributed by atoms with E-state index in [1.165, 1.54) is 6.07 Å². The van der Waals surface area contributed by atoms with Crippen LogP contribution in [0.5, 0.6) is 0 Å². The summed E-state index contributed by atoms with van der Waals surface area (Å²) in [4.78, 5) is 3.85. The van der Waals surface area contributed by atoms with E-state index in [0.29, 0.717) is 5.82 Å². The fraction of sp³-hybridized carbons (Fsp3) is 0.444. The molecule has 0 unspecified atom stereocenters. The fourth-order valence-corrected chi connectivity index (χ4v) is 1.47. The van der Waals surface area contributed by atoms with E-state index >= 15 is 0 Å². The van der Waals surface area contributed by atoms with Crippen LogP contribution >= 0.6 is 0 Å². The van der Waals surface area contributed by atoms with E-state index in [2.05, 4.69) is 10.3 Å². The van der Waals surface area contributed by atoms with E-state index in [9.17, 15) is 8.78 Å². The van der Waals surface area contributed by atoms with E-state index in [1.807, 2.05) is 0 Å². The number of nitrogens with one attached hydrogen (secondary N) is 1. The van der Waals surface area contributed by atoms with Crippen molar-refractivity contribution in [3.63, 3.8) is 0 Å². The first-order valence-electron chi connectivity index (χ1n) is 4.29. The maximum Gasteiger partial charge on any atom is 0.280 e. The van der Waals surface area contributed by atoms with Gasteiger partial charge in [-0.05, 0) is 24.5 Å². The molecule has 1 N–H and O–H groups in total. The number of nitrogens with zero attached hydrogens (tertiary/aromatic N) is 1. The van der Waals surface area contributed by atoms with Crippen molar-refractivity contribution in [3.05, 3.63) is 23.4 Å². The molecule has 0 atom stereocenters. The van der Waals surface area contributed by atoms with Gasteiger partial charge in [0.15, 0.2) is 0 Å². The summed E-state index contributed by atoms with van der Waals surface area (Å²) >= 11 is 0. The van der Waals surface area contributed by atoms with E-state index in [-0.39, 0.29) is 5.69 Å². The second-order valence-corrected chi connectivity index (χ2v) is 3.07. The molecule has 2 nitrogen and oxygen atoms in total. The van der Waals surface area contributed by atoms with Gasteiger partial charge in [-0.15, -0.1) is 0 Å². The van der Waals surface area contributed by atoms with Crippen LogP contribution in [0.3, 0.4) is 0 Å². The summed E-state index contributed by atoms with van der Waals surface area (Å²) < 4.78 is 24.5. The van der Waals surface area contributed by atoms with Crippen molar-refractivity contribution in [2.75, 3.05) is 11.9 Å². The molecule has 4 heteroatoms. The van der Waals surface area contributed by atoms with Crippen LogP contribution in [0.1, 0.15) is 24.1 Å². The standard InChI is InChI=1S/C9H10F2N2/c10-8(11)7-4-3-6-2-1-5-12-9(6)13-7/h3-4,8H,1-2,5H2,(H,12,13). The largest absolute Gasteiger partial charge is 0.370 e. The van der Waals surface area contributed by atoms with Crippen molar-refractivity contribution in [1.29, 1.82) is 0 Å². The Morgan fingerprint density at radius 1 is 1.38 bits per heavy atom. The number of aryl methyl sites for hydroxylation is 1. The molecular weight excluding hydrogens is 174 g/mol. The lowest BCUT2D eigenvalue weighted by Crippen LogP contribution is -2.14. The SMILES string of the molecule is FC(F)c1ccc2c(n1)NCCC2. The summed E-state index contributed by atoms with van der Waals surface area (Å²) in [6, 6.07) is 3.13. The number of fused-ring (bicyclic) bond motifs is 1. The van der Waals surface area contributed by atoms with Crippen molar-refractivity contribution < 1.29 is 8.78 Å². The van der Waals surface area contributed by atoms with Crippen LogP contribution in [0.25, 0.3) is 0 Å². The quantitative estimate of drug-likeness (QED) is 0.724. The maximum absolute atomic E-state index is 12.2. The van der Waals surface area contributed by atoms with Gasteiger partial charge in [0.2, 0.25) is 0 Å². The molecule has 0 fully saturated rings. The second kappa shape index (κ2) is 3.28. The molecule has 1 aromatic rings. The minimum absolute atomic E-state index is 0.145. The van der Waals surface area contributed by atoms with Crippen LogP contribution in [-0.4, -0.2) is 11.5 Å². The topological polar surface area (TPSA) is 24.9 Å². The number of aromatic nitrogens is 1. The molecule has 0 saturated carbocycles. The van der Waals surface area contributed by atoms with Gasteiger partial charge in [0.05, 0.1) is 0 Å². The van der Waals surface area contributed by atoms with Gasteiger partial charge in [-0.2, -0.15) is 0 Å². The highest BCUT2D eigenvalue weighted by molar-refractivity contribution is 5.47. The van der Waals surface area contributed by atoms with Gasteiger partial charge < -0.3 is 5.32 Å². The molecule has 2 rings (SSSR count). The first-order chi connectivity index (χ1) is 6.27. The monoisotopic (exact) mass is 184 g/mol. The second-order valence-electron chi connectivity index (χ2n) is 3.07. The smallest absolute Gasteiger partial charge is 0.280 e. The van der Waals surface area contributed by atoms with Crippen molar-refractivity contribution in [3.8, 4) is 0 Å². The van der Waals surface area contributed by atoms with Crippen LogP contribution in [0.2, 0.25) is 0 Å². The Kier molecular flexibility index (Phi) is 2.12. The van der Waals surface area contributed by atoms with Crippen molar-refractivity contribution in [1.82, 2.24) is 4.98 Å². The Bertz CT molecular complexity index is 312. The molecule has 0 aromatic carbocycles. The molecule has 0 spiro atoms. The Labute approximate surface area is 75.0 Å². The van der Waals surface area contributed by atoms with Crippen LogP contribution in [-0.2, 0) is 6.42 Å². The minimum atomic E-state index is -2.48. The van der Waals surface area contributed by atoms with E-state index < -0.39 is 6.43 Å². The predicted octanol–water partition coefficient (Wildman–Crippen LogP) is 2.38. The number of alkyl halides is 2. The van der Waals surface area contributed by atoms with Gasteiger partial charge in [-0.25, -0.2) is 13.8 Å². The Hall–Kier alpha value is -1.19. The minimum Gasteiger partial charge on any atom is -0.370 e. The van der Waals surface area contributed by atoms with Gasteiger partial charge in [-0.3, -0.25) is 0 Å². The van der Waals surface area contributed by atoms with E-state index in [4.69, 9.17) is 0 Å². The van der Waals surface area contributed by atoms with Gasteiger partial charge in [0.25, 0.3) is 6.43 Å². The van der Waals surface area contributed by atoms with Crippen LogP contribution in [0.4, 0.5) is 14.6 Å². The molecule has 1 aromatic heterocycles. The molecule has 70 valence electrons. The molecule has 1 aliphatic rings. The third-order valence-electron chi connectivity index (χ3n) is 2.14. The van der Waals surface area contributed by atoms with Crippen molar-refractivity contribution in [2.24, 2.45) is 0 Å². The highest BCUT2D eigenvalue weighted by atomic mass is 19.3. The number of pyridine rings is 1. The van der Waals surface area contributed by atoms with Gasteiger partial charge >= 0.3 is 0 Å². The van der Waals surface area contributed by atoms with Gasteiger partial charge in [-0.1, -0.05) is 6.07 Å². The molecule has 0 aliphatic carbocycles. The highest BCUT2D eigenvalue weighted by Crippen LogP contribution is 2.24. The first-order valence-corrected chi connectivity index (χ1v) is 4.29. The highest BCUT2D eigenvalue weighted by Gasteiger charge is 2.14. The molecule has 1 aliphatic heterocycles. The third-order valence-corrected chi connectivity index (χ3v) is 2.14. The molecule has 0 saturated heterocycles. The zero-order valence-electron chi connectivity index (χ0n) is 7.06. The van der Waals surface area contributed by atoms with Gasteiger partial charge in [0, 0.05) is 6.54 Å². The zero-order valence-corrected chi connectivity index (χ0v) is 7.06. The predicted molar refractivity (Wildman–Crippen MR) is 46.0 cm³/mol. The summed E-state index contributed by atoms with van der Waals surface area (Å²) in [7, 11) is 0. The van der Waals surface area contributed by atoms with Crippen molar-refractivity contribution >= 4 is 5.82 Å². The third kappa shape index (κ3) is 1.61. The summed E-state index contributed by atoms with van der Waals surface area (Å²) in [5.74, 6) is 0.629. The van der Waals surface area contributed by atoms with Crippen LogP contribution < -0.4 is 5.32 Å². The van der Waals surface area contributed by atoms with Gasteiger partial charge in [0.1, 0.15) is 11.5 Å². The number of hydrogen-bond donors (Lipinski definition) is 1. The van der Waals surface area contributed by atoms with Crippen molar-refractivity contribution in [2.45, 2.75) is 19.3 Å². The fourth-order valence-electron chi connectivity index (χ4n) is 1.47. The lowest BCUT2D eigenvalue weighted by atomic mass is 10.1.